The Hall–Kier alpha value is -2.05. The molecule has 0 saturated heterocycles. The Balaban J connectivity index is 1.97. The van der Waals surface area contributed by atoms with Gasteiger partial charge in [-0.3, -0.25) is 4.79 Å². The summed E-state index contributed by atoms with van der Waals surface area (Å²) in [4.78, 5) is 11.3. The van der Waals surface area contributed by atoms with Crippen molar-refractivity contribution in [1.29, 1.82) is 0 Å². The summed E-state index contributed by atoms with van der Waals surface area (Å²) in [5.41, 5.74) is 1.76. The van der Waals surface area contributed by atoms with Gasteiger partial charge in [0.1, 0.15) is 24.2 Å². The molecule has 2 N–H and O–H groups in total. The highest BCUT2D eigenvalue weighted by Crippen LogP contribution is 2.20. The molecule has 0 spiro atoms. The zero-order valence-corrected chi connectivity index (χ0v) is 14.9. The molecule has 0 amide bonds. The molecule has 2 aromatic rings. The number of benzene rings is 2. The lowest BCUT2D eigenvalue weighted by Crippen LogP contribution is -2.36. The molecule has 2 rings (SSSR count). The second-order valence-electron chi connectivity index (χ2n) is 5.58. The first-order chi connectivity index (χ1) is 12.1. The summed E-state index contributed by atoms with van der Waals surface area (Å²) in [7, 11) is 0. The van der Waals surface area contributed by atoms with E-state index in [9.17, 15) is 14.3 Å². The summed E-state index contributed by atoms with van der Waals surface area (Å²) in [6.45, 7) is 0.733. The van der Waals surface area contributed by atoms with Crippen LogP contribution in [0.4, 0.5) is 4.39 Å². The summed E-state index contributed by atoms with van der Waals surface area (Å²) in [6, 6.07) is 13.1. The van der Waals surface area contributed by atoms with E-state index in [-0.39, 0.29) is 5.82 Å². The second-order valence-corrected chi connectivity index (χ2v) is 6.56. The number of carboxylic acid groups (broad SMARTS) is 1. The summed E-state index contributed by atoms with van der Waals surface area (Å²) in [5.74, 6) is 0.345. The zero-order chi connectivity index (χ0) is 18.1. The van der Waals surface area contributed by atoms with E-state index >= 15 is 0 Å². The van der Waals surface area contributed by atoms with Crippen molar-refractivity contribution in [3.8, 4) is 5.75 Å². The quantitative estimate of drug-likeness (QED) is 0.674. The van der Waals surface area contributed by atoms with Crippen LogP contribution in [-0.2, 0) is 17.9 Å². The summed E-state index contributed by atoms with van der Waals surface area (Å²) >= 11 is 1.62. The highest BCUT2D eigenvalue weighted by Gasteiger charge is 2.16. The number of carboxylic acids is 1. The van der Waals surface area contributed by atoms with Gasteiger partial charge < -0.3 is 15.2 Å². The molecule has 0 saturated carbocycles. The molecule has 0 aromatic heterocycles. The maximum absolute atomic E-state index is 12.9. The Morgan fingerprint density at radius 1 is 1.24 bits per heavy atom. The highest BCUT2D eigenvalue weighted by atomic mass is 32.2. The third-order valence-electron chi connectivity index (χ3n) is 3.73. The van der Waals surface area contributed by atoms with Gasteiger partial charge in [0, 0.05) is 12.1 Å². The molecule has 134 valence electrons. The van der Waals surface area contributed by atoms with E-state index in [1.54, 1.807) is 23.9 Å². The topological polar surface area (TPSA) is 58.6 Å². The van der Waals surface area contributed by atoms with Gasteiger partial charge in [-0.2, -0.15) is 11.8 Å². The number of thioether (sulfide) groups is 1. The van der Waals surface area contributed by atoms with Gasteiger partial charge in [0.2, 0.25) is 0 Å². The number of aliphatic carboxylic acids is 1. The van der Waals surface area contributed by atoms with Gasteiger partial charge in [0.25, 0.3) is 0 Å². The molecule has 2 aromatic carbocycles. The van der Waals surface area contributed by atoms with Gasteiger partial charge in [-0.25, -0.2) is 4.39 Å². The molecular formula is C19H22FNO3S. The molecule has 0 heterocycles. The average Bonchev–Trinajstić information content (AvgIpc) is 2.62. The monoisotopic (exact) mass is 363 g/mol. The fourth-order valence-electron chi connectivity index (χ4n) is 2.31. The van der Waals surface area contributed by atoms with Crippen LogP contribution >= 0.6 is 11.8 Å². The van der Waals surface area contributed by atoms with Gasteiger partial charge in [-0.1, -0.05) is 30.3 Å². The summed E-state index contributed by atoms with van der Waals surface area (Å²) in [6.07, 6.45) is 2.52. The van der Waals surface area contributed by atoms with Crippen molar-refractivity contribution in [2.45, 2.75) is 25.6 Å². The van der Waals surface area contributed by atoms with Crippen molar-refractivity contribution in [2.75, 3.05) is 12.0 Å². The Labute approximate surface area is 151 Å². The van der Waals surface area contributed by atoms with Crippen LogP contribution in [-0.4, -0.2) is 29.1 Å². The largest absolute Gasteiger partial charge is 0.489 e. The van der Waals surface area contributed by atoms with E-state index in [0.29, 0.717) is 25.3 Å². The molecule has 0 radical (unpaired) electrons. The van der Waals surface area contributed by atoms with Crippen molar-refractivity contribution in [3.63, 3.8) is 0 Å². The van der Waals surface area contributed by atoms with Crippen LogP contribution in [0.1, 0.15) is 17.5 Å². The van der Waals surface area contributed by atoms with Crippen LogP contribution in [0.3, 0.4) is 0 Å². The Morgan fingerprint density at radius 2 is 1.96 bits per heavy atom. The van der Waals surface area contributed by atoms with E-state index in [4.69, 9.17) is 4.74 Å². The van der Waals surface area contributed by atoms with Gasteiger partial charge in [0.15, 0.2) is 0 Å². The molecule has 1 atom stereocenters. The number of hydrogen-bond acceptors (Lipinski definition) is 4. The second kappa shape index (κ2) is 10.1. The number of carbonyl (C=O) groups is 1. The fraction of sp³-hybridized carbons (Fsp3) is 0.316. The Kier molecular flexibility index (Phi) is 7.76. The van der Waals surface area contributed by atoms with Crippen LogP contribution < -0.4 is 10.1 Å². The number of nitrogens with one attached hydrogen (secondary N) is 1. The molecule has 25 heavy (non-hydrogen) atoms. The molecule has 6 heteroatoms. The lowest BCUT2D eigenvalue weighted by molar-refractivity contribution is -0.139. The summed E-state index contributed by atoms with van der Waals surface area (Å²) in [5, 5.41) is 12.4. The van der Waals surface area contributed by atoms with Crippen LogP contribution in [0, 0.1) is 5.82 Å². The van der Waals surface area contributed by atoms with Gasteiger partial charge in [0.05, 0.1) is 0 Å². The standard InChI is InChI=1S/C19H22FNO3S/c1-25-11-10-17(19(22)23)21-12-15-4-2-3-5-18(15)24-13-14-6-8-16(20)9-7-14/h2-9,17,21H,10-13H2,1H3,(H,22,23). The van der Waals surface area contributed by atoms with Gasteiger partial charge >= 0.3 is 5.97 Å². The average molecular weight is 363 g/mol. The van der Waals surface area contributed by atoms with Gasteiger partial charge in [-0.15, -0.1) is 0 Å². The molecule has 0 aliphatic rings. The minimum Gasteiger partial charge on any atom is -0.489 e. The third-order valence-corrected chi connectivity index (χ3v) is 4.37. The SMILES string of the molecule is CSCCC(NCc1ccccc1OCc1ccc(F)cc1)C(=O)O. The predicted molar refractivity (Wildman–Crippen MR) is 98.4 cm³/mol. The summed E-state index contributed by atoms with van der Waals surface area (Å²) < 4.78 is 18.8. The van der Waals surface area contributed by atoms with Crippen LogP contribution in [0.5, 0.6) is 5.75 Å². The van der Waals surface area contributed by atoms with Crippen LogP contribution in [0.15, 0.2) is 48.5 Å². The predicted octanol–water partition coefficient (Wildman–Crippen LogP) is 3.70. The van der Waals surface area contributed by atoms with Crippen LogP contribution in [0.25, 0.3) is 0 Å². The van der Waals surface area contributed by atoms with E-state index in [2.05, 4.69) is 5.32 Å². The normalized spacial score (nSPS) is 11.9. The van der Waals surface area contributed by atoms with E-state index in [1.165, 1.54) is 12.1 Å². The first-order valence-electron chi connectivity index (χ1n) is 8.00. The lowest BCUT2D eigenvalue weighted by Gasteiger charge is -2.16. The number of halogens is 1. The smallest absolute Gasteiger partial charge is 0.320 e. The molecule has 4 nitrogen and oxygen atoms in total. The fourth-order valence-corrected chi connectivity index (χ4v) is 2.79. The molecule has 0 aliphatic heterocycles. The van der Waals surface area contributed by atoms with Crippen molar-refractivity contribution in [1.82, 2.24) is 5.32 Å². The number of rotatable bonds is 10. The van der Waals surface area contributed by atoms with E-state index in [0.717, 1.165) is 16.9 Å². The van der Waals surface area contributed by atoms with Crippen LogP contribution in [0.2, 0.25) is 0 Å². The maximum Gasteiger partial charge on any atom is 0.320 e. The highest BCUT2D eigenvalue weighted by molar-refractivity contribution is 7.98. The van der Waals surface area contributed by atoms with Crippen molar-refractivity contribution < 1.29 is 19.0 Å². The molecular weight excluding hydrogens is 341 g/mol. The molecule has 0 fully saturated rings. The zero-order valence-electron chi connectivity index (χ0n) is 14.1. The lowest BCUT2D eigenvalue weighted by atomic mass is 10.1. The first kappa shape index (κ1) is 19.3. The molecule has 0 aliphatic carbocycles. The Morgan fingerprint density at radius 3 is 2.64 bits per heavy atom. The van der Waals surface area contributed by atoms with E-state index < -0.39 is 12.0 Å². The van der Waals surface area contributed by atoms with E-state index in [1.807, 2.05) is 30.5 Å². The van der Waals surface area contributed by atoms with Gasteiger partial charge in [-0.05, 0) is 42.2 Å². The number of ether oxygens (including phenoxy) is 1. The first-order valence-corrected chi connectivity index (χ1v) is 9.40. The van der Waals surface area contributed by atoms with Crippen molar-refractivity contribution in [2.24, 2.45) is 0 Å². The maximum atomic E-state index is 12.9. The number of para-hydroxylation sites is 1. The Bertz CT molecular complexity index is 679. The molecule has 1 unspecified atom stereocenters. The minimum atomic E-state index is -0.848. The molecule has 0 bridgehead atoms. The van der Waals surface area contributed by atoms with Crippen molar-refractivity contribution >= 4 is 17.7 Å². The number of hydrogen-bond donors (Lipinski definition) is 2. The third kappa shape index (κ3) is 6.40. The minimum absolute atomic E-state index is 0.279. The van der Waals surface area contributed by atoms with Crippen molar-refractivity contribution in [3.05, 3.63) is 65.5 Å².